The van der Waals surface area contributed by atoms with Crippen LogP contribution in [0.1, 0.15) is 32.2 Å². The Morgan fingerprint density at radius 2 is 2.22 bits per heavy atom. The number of hydrogen-bond acceptors (Lipinski definition) is 3. The van der Waals surface area contributed by atoms with E-state index in [1.807, 2.05) is 38.0 Å². The van der Waals surface area contributed by atoms with Crippen LogP contribution in [0.15, 0.2) is 52.9 Å². The number of likely N-dealkylation sites (tertiary alicyclic amines) is 1. The Balaban J connectivity index is 1.46. The smallest absolute Gasteiger partial charge is 0.250 e. The summed E-state index contributed by atoms with van der Waals surface area (Å²) in [7, 11) is 1.84. The zero-order chi connectivity index (χ0) is 19.1. The summed E-state index contributed by atoms with van der Waals surface area (Å²) in [5.74, 6) is 1.58. The third kappa shape index (κ3) is 4.99. The zero-order valence-electron chi connectivity index (χ0n) is 16.3. The molecule has 146 valence electrons. The lowest BCUT2D eigenvalue weighted by molar-refractivity contribution is 0.189. The summed E-state index contributed by atoms with van der Waals surface area (Å²) >= 11 is 0. The van der Waals surface area contributed by atoms with Crippen LogP contribution in [0.25, 0.3) is 0 Å². The Morgan fingerprint density at radius 1 is 1.33 bits per heavy atom. The fourth-order valence-corrected chi connectivity index (χ4v) is 3.68. The van der Waals surface area contributed by atoms with Gasteiger partial charge in [-0.05, 0) is 31.2 Å². The van der Waals surface area contributed by atoms with Crippen molar-refractivity contribution in [3.05, 3.63) is 53.5 Å². The molecule has 0 radical (unpaired) electrons. The van der Waals surface area contributed by atoms with Gasteiger partial charge in [0.05, 0.1) is 12.4 Å². The van der Waals surface area contributed by atoms with Gasteiger partial charge in [-0.2, -0.15) is 0 Å². The summed E-state index contributed by atoms with van der Waals surface area (Å²) in [4.78, 5) is 22.7. The first-order valence-electron chi connectivity index (χ1n) is 9.77. The van der Waals surface area contributed by atoms with E-state index < -0.39 is 0 Å². The van der Waals surface area contributed by atoms with Gasteiger partial charge in [-0.3, -0.25) is 9.79 Å². The summed E-state index contributed by atoms with van der Waals surface area (Å²) in [5, 5.41) is 3.48. The highest BCUT2D eigenvalue weighted by molar-refractivity contribution is 5.80. The number of pyridine rings is 1. The van der Waals surface area contributed by atoms with Crippen molar-refractivity contribution in [2.24, 2.45) is 10.9 Å². The SMILES string of the molecule is CN=C(NCCCCn1ccccc1=O)N1CCC(C)C(n2ccnc2)C1. The molecule has 2 atom stereocenters. The number of piperidine rings is 1. The Bertz CT molecular complexity index is 782. The van der Waals surface area contributed by atoms with E-state index in [-0.39, 0.29) is 5.56 Å². The Labute approximate surface area is 160 Å². The van der Waals surface area contributed by atoms with Crippen molar-refractivity contribution in [2.75, 3.05) is 26.7 Å². The molecule has 0 aromatic carbocycles. The minimum absolute atomic E-state index is 0.0641. The summed E-state index contributed by atoms with van der Waals surface area (Å²) in [5.41, 5.74) is 0.0641. The van der Waals surface area contributed by atoms with Gasteiger partial charge in [0.1, 0.15) is 0 Å². The van der Waals surface area contributed by atoms with Crippen LogP contribution in [0, 0.1) is 5.92 Å². The maximum Gasteiger partial charge on any atom is 0.250 e. The van der Waals surface area contributed by atoms with Crippen LogP contribution in [0.4, 0.5) is 0 Å². The second-order valence-corrected chi connectivity index (χ2v) is 7.20. The summed E-state index contributed by atoms with van der Waals surface area (Å²) < 4.78 is 3.97. The van der Waals surface area contributed by atoms with Gasteiger partial charge in [0.15, 0.2) is 5.96 Å². The van der Waals surface area contributed by atoms with Gasteiger partial charge >= 0.3 is 0 Å². The van der Waals surface area contributed by atoms with Crippen LogP contribution >= 0.6 is 0 Å². The molecule has 0 aliphatic carbocycles. The van der Waals surface area contributed by atoms with Gasteiger partial charge in [-0.1, -0.05) is 13.0 Å². The standard InChI is InChI=1S/C20H30N6O/c1-17-8-13-25(15-18(17)26-14-10-22-16-26)20(21-2)23-9-4-6-12-24-11-5-3-7-19(24)27/h3,5,7,10-11,14,16-18H,4,6,8-9,12-13,15H2,1-2H3,(H,21,23). The second-order valence-electron chi connectivity index (χ2n) is 7.20. The molecular formula is C20H30N6O. The predicted molar refractivity (Wildman–Crippen MR) is 108 cm³/mol. The van der Waals surface area contributed by atoms with Crippen LogP contribution in [0.2, 0.25) is 0 Å². The van der Waals surface area contributed by atoms with E-state index in [1.165, 1.54) is 0 Å². The van der Waals surface area contributed by atoms with Crippen LogP contribution in [-0.4, -0.2) is 51.7 Å². The van der Waals surface area contributed by atoms with E-state index in [4.69, 9.17) is 0 Å². The first-order chi connectivity index (χ1) is 13.2. The van der Waals surface area contributed by atoms with Crippen LogP contribution in [-0.2, 0) is 6.54 Å². The highest BCUT2D eigenvalue weighted by atomic mass is 16.1. The molecule has 7 heteroatoms. The van der Waals surface area contributed by atoms with Crippen molar-refractivity contribution < 1.29 is 0 Å². The third-order valence-electron chi connectivity index (χ3n) is 5.35. The third-order valence-corrected chi connectivity index (χ3v) is 5.35. The molecule has 1 fully saturated rings. The van der Waals surface area contributed by atoms with E-state index in [0.717, 1.165) is 51.4 Å². The largest absolute Gasteiger partial charge is 0.356 e. The maximum atomic E-state index is 11.7. The number of aryl methyl sites for hydroxylation is 1. The van der Waals surface area contributed by atoms with E-state index in [0.29, 0.717) is 12.0 Å². The molecule has 0 spiro atoms. The van der Waals surface area contributed by atoms with Gasteiger partial charge in [-0.25, -0.2) is 4.98 Å². The van der Waals surface area contributed by atoms with Gasteiger partial charge in [0.2, 0.25) is 5.56 Å². The van der Waals surface area contributed by atoms with Crippen LogP contribution in [0.5, 0.6) is 0 Å². The Morgan fingerprint density at radius 3 is 2.96 bits per heavy atom. The predicted octanol–water partition coefficient (Wildman–Crippen LogP) is 1.98. The van der Waals surface area contributed by atoms with Gasteiger partial charge in [0, 0.05) is 57.9 Å². The molecule has 1 N–H and O–H groups in total. The molecule has 2 aromatic rings. The minimum Gasteiger partial charge on any atom is -0.356 e. The maximum absolute atomic E-state index is 11.7. The fourth-order valence-electron chi connectivity index (χ4n) is 3.68. The van der Waals surface area contributed by atoms with Crippen molar-refractivity contribution in [2.45, 2.75) is 38.8 Å². The molecule has 7 nitrogen and oxygen atoms in total. The van der Waals surface area contributed by atoms with E-state index in [9.17, 15) is 4.79 Å². The number of aromatic nitrogens is 3. The number of hydrogen-bond donors (Lipinski definition) is 1. The monoisotopic (exact) mass is 370 g/mol. The highest BCUT2D eigenvalue weighted by Gasteiger charge is 2.28. The average molecular weight is 371 g/mol. The fraction of sp³-hybridized carbons (Fsp3) is 0.550. The van der Waals surface area contributed by atoms with Crippen molar-refractivity contribution in [3.63, 3.8) is 0 Å². The molecule has 0 amide bonds. The molecule has 3 rings (SSSR count). The highest BCUT2D eigenvalue weighted by Crippen LogP contribution is 2.27. The quantitative estimate of drug-likeness (QED) is 0.480. The van der Waals surface area contributed by atoms with E-state index in [2.05, 4.69) is 31.7 Å². The lowest BCUT2D eigenvalue weighted by atomic mass is 9.93. The molecule has 1 aliphatic rings. The van der Waals surface area contributed by atoms with Crippen molar-refractivity contribution >= 4 is 5.96 Å². The summed E-state index contributed by atoms with van der Waals surface area (Å²) in [6, 6.07) is 5.70. The second kappa shape index (κ2) is 9.39. The molecule has 0 saturated carbocycles. The molecule has 1 saturated heterocycles. The molecule has 0 bridgehead atoms. The molecule has 2 aromatic heterocycles. The van der Waals surface area contributed by atoms with Gasteiger partial charge in [0.25, 0.3) is 0 Å². The topological polar surface area (TPSA) is 67.5 Å². The Kier molecular flexibility index (Phi) is 6.68. The number of aliphatic imine (C=N–C) groups is 1. The number of guanidine groups is 1. The summed E-state index contributed by atoms with van der Waals surface area (Å²) in [6.45, 7) is 5.88. The first kappa shape index (κ1) is 19.2. The normalized spacial score (nSPS) is 20.7. The number of imidazole rings is 1. The minimum atomic E-state index is 0.0641. The van der Waals surface area contributed by atoms with Gasteiger partial charge in [-0.15, -0.1) is 0 Å². The molecule has 27 heavy (non-hydrogen) atoms. The molecule has 2 unspecified atom stereocenters. The van der Waals surface area contributed by atoms with Crippen molar-refractivity contribution in [1.82, 2.24) is 24.3 Å². The van der Waals surface area contributed by atoms with E-state index in [1.54, 1.807) is 16.7 Å². The van der Waals surface area contributed by atoms with E-state index >= 15 is 0 Å². The molecular weight excluding hydrogens is 340 g/mol. The van der Waals surface area contributed by atoms with Crippen LogP contribution < -0.4 is 10.9 Å². The van der Waals surface area contributed by atoms with Crippen molar-refractivity contribution in [1.29, 1.82) is 0 Å². The summed E-state index contributed by atoms with van der Waals surface area (Å²) in [6.07, 6.45) is 10.7. The first-order valence-corrected chi connectivity index (χ1v) is 9.77. The lowest BCUT2D eigenvalue weighted by Crippen LogP contribution is -2.49. The number of nitrogens with one attached hydrogen (secondary N) is 1. The van der Waals surface area contributed by atoms with Gasteiger partial charge < -0.3 is 19.4 Å². The van der Waals surface area contributed by atoms with Crippen LogP contribution in [0.3, 0.4) is 0 Å². The molecule has 3 heterocycles. The lowest BCUT2D eigenvalue weighted by Gasteiger charge is -2.39. The average Bonchev–Trinajstić information content (AvgIpc) is 3.21. The van der Waals surface area contributed by atoms with Crippen molar-refractivity contribution in [3.8, 4) is 0 Å². The number of rotatable bonds is 6. The number of nitrogens with zero attached hydrogens (tertiary/aromatic N) is 5. The Hall–Kier alpha value is -2.57. The number of unbranched alkanes of at least 4 members (excludes halogenated alkanes) is 1. The zero-order valence-corrected chi connectivity index (χ0v) is 16.3. The molecule has 1 aliphatic heterocycles.